The number of aromatic nitrogens is 2. The molecule has 0 fully saturated rings. The van der Waals surface area contributed by atoms with Crippen LogP contribution in [-0.2, 0) is 6.54 Å². The Kier molecular flexibility index (Phi) is 3.84. The van der Waals surface area contributed by atoms with Crippen molar-refractivity contribution in [3.8, 4) is 0 Å². The maximum Gasteiger partial charge on any atom is 0.0839 e. The summed E-state index contributed by atoms with van der Waals surface area (Å²) in [6, 6.07) is 1.87. The molecule has 16 heavy (non-hydrogen) atoms. The van der Waals surface area contributed by atoms with Crippen LogP contribution in [0, 0.1) is 0 Å². The first-order valence-electron chi connectivity index (χ1n) is 4.84. The van der Waals surface area contributed by atoms with Crippen molar-refractivity contribution < 1.29 is 0 Å². The van der Waals surface area contributed by atoms with Gasteiger partial charge in [0.2, 0.25) is 0 Å². The summed E-state index contributed by atoms with van der Waals surface area (Å²) in [4.78, 5) is 1.12. The zero-order valence-corrected chi connectivity index (χ0v) is 12.6. The lowest BCUT2D eigenvalue weighted by molar-refractivity contribution is 0.601. The van der Waals surface area contributed by atoms with E-state index in [1.165, 1.54) is 0 Å². The fraction of sp³-hybridized carbons (Fsp3) is 0.300. The highest BCUT2D eigenvalue weighted by molar-refractivity contribution is 9.10. The standard InChI is InChI=1S/C10H11Br2N3S/c1-2-15-9(7(12)5-14-15)8(13)10-6(11)3-4-16-10/h3-5,8H,2,13H2,1H3. The lowest BCUT2D eigenvalue weighted by atomic mass is 10.2. The SMILES string of the molecule is CCn1ncc(Br)c1C(N)c1sccc1Br. The molecule has 6 heteroatoms. The molecular weight excluding hydrogens is 354 g/mol. The minimum absolute atomic E-state index is 0.147. The van der Waals surface area contributed by atoms with Crippen molar-refractivity contribution >= 4 is 43.2 Å². The molecule has 0 amide bonds. The zero-order chi connectivity index (χ0) is 11.7. The molecule has 2 aromatic heterocycles. The number of nitrogens with zero attached hydrogens (tertiary/aromatic N) is 2. The molecule has 0 aliphatic heterocycles. The van der Waals surface area contributed by atoms with Gasteiger partial charge in [-0.2, -0.15) is 5.10 Å². The zero-order valence-electron chi connectivity index (χ0n) is 8.65. The van der Waals surface area contributed by atoms with Crippen LogP contribution in [0.15, 0.2) is 26.6 Å². The average molecular weight is 365 g/mol. The van der Waals surface area contributed by atoms with Crippen LogP contribution >= 0.6 is 43.2 Å². The largest absolute Gasteiger partial charge is 0.318 e. The van der Waals surface area contributed by atoms with E-state index < -0.39 is 0 Å². The Morgan fingerprint density at radius 3 is 2.81 bits per heavy atom. The first kappa shape index (κ1) is 12.3. The van der Waals surface area contributed by atoms with Gasteiger partial charge in [-0.1, -0.05) is 0 Å². The summed E-state index contributed by atoms with van der Waals surface area (Å²) in [5.41, 5.74) is 7.29. The van der Waals surface area contributed by atoms with Crippen LogP contribution in [0.2, 0.25) is 0 Å². The highest BCUT2D eigenvalue weighted by Gasteiger charge is 2.20. The van der Waals surface area contributed by atoms with E-state index in [0.29, 0.717) is 0 Å². The van der Waals surface area contributed by atoms with Gasteiger partial charge in [0.05, 0.1) is 22.4 Å². The van der Waals surface area contributed by atoms with Crippen molar-refractivity contribution in [3.63, 3.8) is 0 Å². The van der Waals surface area contributed by atoms with E-state index in [2.05, 4.69) is 43.9 Å². The third-order valence-electron chi connectivity index (χ3n) is 2.35. The third kappa shape index (κ3) is 2.11. The third-order valence-corrected chi connectivity index (χ3v) is 4.92. The van der Waals surface area contributed by atoms with E-state index in [1.807, 2.05) is 16.1 Å². The van der Waals surface area contributed by atoms with Crippen molar-refractivity contribution in [1.29, 1.82) is 0 Å². The van der Waals surface area contributed by atoms with E-state index in [9.17, 15) is 0 Å². The topological polar surface area (TPSA) is 43.8 Å². The molecule has 0 spiro atoms. The van der Waals surface area contributed by atoms with Crippen LogP contribution < -0.4 is 5.73 Å². The summed E-state index contributed by atoms with van der Waals surface area (Å²) in [7, 11) is 0. The van der Waals surface area contributed by atoms with Gasteiger partial charge in [0.25, 0.3) is 0 Å². The quantitative estimate of drug-likeness (QED) is 0.905. The van der Waals surface area contributed by atoms with Gasteiger partial charge in [-0.25, -0.2) is 0 Å². The van der Waals surface area contributed by atoms with Gasteiger partial charge in [0, 0.05) is 15.9 Å². The molecule has 0 saturated heterocycles. The molecule has 2 N–H and O–H groups in total. The Balaban J connectivity index is 2.44. The predicted octanol–water partition coefficient (Wildman–Crippen LogP) is 3.54. The van der Waals surface area contributed by atoms with Crippen LogP contribution in [0.5, 0.6) is 0 Å². The Bertz CT molecular complexity index is 492. The molecule has 1 unspecified atom stereocenters. The lowest BCUT2D eigenvalue weighted by Crippen LogP contribution is -2.17. The average Bonchev–Trinajstić information content (AvgIpc) is 2.83. The summed E-state index contributed by atoms with van der Waals surface area (Å²) in [6.07, 6.45) is 1.79. The molecule has 0 aromatic carbocycles. The second-order valence-corrected chi connectivity index (χ2v) is 5.96. The number of hydrogen-bond donors (Lipinski definition) is 1. The molecule has 2 aromatic rings. The second kappa shape index (κ2) is 5.00. The van der Waals surface area contributed by atoms with Crippen LogP contribution in [0.4, 0.5) is 0 Å². The number of rotatable bonds is 3. The molecule has 2 rings (SSSR count). The van der Waals surface area contributed by atoms with Crippen LogP contribution in [0.3, 0.4) is 0 Å². The molecule has 0 bridgehead atoms. The summed E-state index contributed by atoms with van der Waals surface area (Å²) in [5.74, 6) is 0. The summed E-state index contributed by atoms with van der Waals surface area (Å²) in [6.45, 7) is 2.87. The smallest absolute Gasteiger partial charge is 0.0839 e. The van der Waals surface area contributed by atoms with Crippen molar-refractivity contribution in [1.82, 2.24) is 9.78 Å². The van der Waals surface area contributed by atoms with Crippen LogP contribution in [0.1, 0.15) is 23.5 Å². The van der Waals surface area contributed by atoms with Gasteiger partial charge in [-0.05, 0) is 50.2 Å². The van der Waals surface area contributed by atoms with Crippen LogP contribution in [0.25, 0.3) is 0 Å². The van der Waals surface area contributed by atoms with E-state index in [-0.39, 0.29) is 6.04 Å². The normalized spacial score (nSPS) is 13.0. The first-order valence-corrected chi connectivity index (χ1v) is 7.31. The molecule has 0 saturated carbocycles. The molecule has 1 atom stereocenters. The Morgan fingerprint density at radius 1 is 1.50 bits per heavy atom. The fourth-order valence-electron chi connectivity index (χ4n) is 1.58. The maximum atomic E-state index is 6.27. The van der Waals surface area contributed by atoms with Crippen molar-refractivity contribution in [2.24, 2.45) is 5.73 Å². The van der Waals surface area contributed by atoms with E-state index in [0.717, 1.165) is 26.1 Å². The van der Waals surface area contributed by atoms with Gasteiger partial charge < -0.3 is 5.73 Å². The fourth-order valence-corrected chi connectivity index (χ4v) is 3.75. The van der Waals surface area contributed by atoms with Crippen molar-refractivity contribution in [3.05, 3.63) is 37.2 Å². The summed E-state index contributed by atoms with van der Waals surface area (Å²) in [5, 5.41) is 6.30. The second-order valence-electron chi connectivity index (χ2n) is 3.30. The van der Waals surface area contributed by atoms with Gasteiger partial charge in [-0.3, -0.25) is 4.68 Å². The Hall–Kier alpha value is -0.170. The number of aryl methyl sites for hydroxylation is 1. The minimum Gasteiger partial charge on any atom is -0.318 e. The van der Waals surface area contributed by atoms with E-state index in [1.54, 1.807) is 17.5 Å². The van der Waals surface area contributed by atoms with Gasteiger partial charge in [-0.15, -0.1) is 11.3 Å². The summed E-state index contributed by atoms with van der Waals surface area (Å²) < 4.78 is 3.93. The van der Waals surface area contributed by atoms with Gasteiger partial charge in [0.1, 0.15) is 0 Å². The number of hydrogen-bond acceptors (Lipinski definition) is 3. The van der Waals surface area contributed by atoms with Crippen LogP contribution in [-0.4, -0.2) is 9.78 Å². The minimum atomic E-state index is -0.147. The molecular formula is C10H11Br2N3S. The predicted molar refractivity (Wildman–Crippen MR) is 73.7 cm³/mol. The van der Waals surface area contributed by atoms with Gasteiger partial charge in [0.15, 0.2) is 0 Å². The molecule has 0 aliphatic rings. The lowest BCUT2D eigenvalue weighted by Gasteiger charge is -2.13. The molecule has 3 nitrogen and oxygen atoms in total. The molecule has 0 radical (unpaired) electrons. The molecule has 0 aliphatic carbocycles. The number of halogens is 2. The highest BCUT2D eigenvalue weighted by Crippen LogP contribution is 2.34. The monoisotopic (exact) mass is 363 g/mol. The van der Waals surface area contributed by atoms with E-state index >= 15 is 0 Å². The maximum absolute atomic E-state index is 6.27. The van der Waals surface area contributed by atoms with Crippen molar-refractivity contribution in [2.45, 2.75) is 19.5 Å². The van der Waals surface area contributed by atoms with E-state index in [4.69, 9.17) is 5.73 Å². The van der Waals surface area contributed by atoms with Crippen molar-refractivity contribution in [2.75, 3.05) is 0 Å². The molecule has 2 heterocycles. The Labute approximate surface area is 115 Å². The summed E-state index contributed by atoms with van der Waals surface area (Å²) >= 11 is 8.65. The Morgan fingerprint density at radius 2 is 2.25 bits per heavy atom. The molecule has 86 valence electrons. The van der Waals surface area contributed by atoms with Gasteiger partial charge >= 0.3 is 0 Å². The highest BCUT2D eigenvalue weighted by atomic mass is 79.9. The first-order chi connectivity index (χ1) is 7.65. The number of nitrogens with two attached hydrogens (primary N) is 1. The number of thiophene rings is 1.